The summed E-state index contributed by atoms with van der Waals surface area (Å²) in [5.74, 6) is 0.540. The molecule has 0 fully saturated rings. The van der Waals surface area contributed by atoms with Crippen molar-refractivity contribution in [1.82, 2.24) is 14.5 Å². The van der Waals surface area contributed by atoms with Crippen LogP contribution < -0.4 is 16.2 Å². The number of hydrogen-bond acceptors (Lipinski definition) is 6. The van der Waals surface area contributed by atoms with Gasteiger partial charge in [-0.2, -0.15) is 0 Å². The molecule has 0 saturated heterocycles. The van der Waals surface area contributed by atoms with Crippen molar-refractivity contribution in [2.45, 2.75) is 59.0 Å². The molecule has 0 radical (unpaired) electrons. The lowest BCUT2D eigenvalue weighted by Gasteiger charge is -2.20. The molecule has 2 N–H and O–H groups in total. The van der Waals surface area contributed by atoms with Crippen LogP contribution in [-0.2, 0) is 26.4 Å². The molecule has 4 aromatic rings. The zero-order valence-electron chi connectivity index (χ0n) is 23.9. The fourth-order valence-electron chi connectivity index (χ4n) is 5.02. The molecule has 0 saturated carbocycles. The zero-order chi connectivity index (χ0) is 28.4. The minimum atomic E-state index is -0.141. The van der Waals surface area contributed by atoms with Crippen molar-refractivity contribution in [3.05, 3.63) is 91.7 Å². The fourth-order valence-corrected chi connectivity index (χ4v) is 6.17. The van der Waals surface area contributed by atoms with Crippen LogP contribution in [0.1, 0.15) is 57.9 Å². The van der Waals surface area contributed by atoms with Gasteiger partial charge in [0, 0.05) is 48.2 Å². The number of hydrogen-bond donors (Lipinski definition) is 2. The molecular weight excluding hydrogens is 518 g/mol. The number of aryl methyl sites for hydroxylation is 3. The van der Waals surface area contributed by atoms with E-state index in [0.717, 1.165) is 52.2 Å². The Morgan fingerprint density at radius 1 is 1.12 bits per heavy atom. The van der Waals surface area contributed by atoms with Gasteiger partial charge in [-0.25, -0.2) is 4.98 Å². The summed E-state index contributed by atoms with van der Waals surface area (Å²) < 4.78 is 1.57. The van der Waals surface area contributed by atoms with Crippen LogP contribution in [0.2, 0.25) is 0 Å². The molecule has 1 amide bonds. The van der Waals surface area contributed by atoms with Gasteiger partial charge in [-0.1, -0.05) is 18.2 Å². The second-order valence-corrected chi connectivity index (χ2v) is 12.1. The van der Waals surface area contributed by atoms with E-state index in [0.29, 0.717) is 17.5 Å². The number of carbonyl (C=O) groups excluding carboxylic acids is 1. The summed E-state index contributed by atoms with van der Waals surface area (Å²) in [6.07, 6.45) is 8.19. The predicted octanol–water partition coefficient (Wildman–Crippen LogP) is 6.53. The summed E-state index contributed by atoms with van der Waals surface area (Å²) in [5.41, 5.74) is 6.27. The Labute approximate surface area is 239 Å². The van der Waals surface area contributed by atoms with Crippen molar-refractivity contribution in [3.8, 4) is 11.1 Å². The van der Waals surface area contributed by atoms with E-state index in [1.54, 1.807) is 23.0 Å². The summed E-state index contributed by atoms with van der Waals surface area (Å²) in [5, 5.41) is 6.34. The number of carbonyl (C=O) groups is 1. The third-order valence-corrected chi connectivity index (χ3v) is 8.93. The van der Waals surface area contributed by atoms with Gasteiger partial charge in [-0.3, -0.25) is 14.5 Å². The molecule has 0 spiro atoms. The molecule has 0 bridgehead atoms. The summed E-state index contributed by atoms with van der Waals surface area (Å²) in [7, 11) is 3.83. The first-order valence-corrected chi connectivity index (χ1v) is 14.7. The molecule has 7 nitrogen and oxygen atoms in total. The molecular formula is C32H37N5O2S. The van der Waals surface area contributed by atoms with E-state index < -0.39 is 0 Å². The Morgan fingerprint density at radius 3 is 2.65 bits per heavy atom. The summed E-state index contributed by atoms with van der Waals surface area (Å²) in [4.78, 5) is 35.0. The third-order valence-electron chi connectivity index (χ3n) is 7.70. The molecule has 40 heavy (non-hydrogen) atoms. The second kappa shape index (κ2) is 11.8. The third kappa shape index (κ3) is 6.03. The van der Waals surface area contributed by atoms with E-state index in [4.69, 9.17) is 0 Å². The summed E-state index contributed by atoms with van der Waals surface area (Å²) in [6, 6.07) is 14.2. The lowest BCUT2D eigenvalue weighted by Crippen LogP contribution is -2.25. The molecule has 3 aromatic heterocycles. The smallest absolute Gasteiger partial charge is 0.274 e. The predicted molar refractivity (Wildman–Crippen MR) is 165 cm³/mol. The zero-order valence-corrected chi connectivity index (χ0v) is 24.7. The normalized spacial score (nSPS) is 13.0. The van der Waals surface area contributed by atoms with Gasteiger partial charge in [0.15, 0.2) is 0 Å². The van der Waals surface area contributed by atoms with Crippen molar-refractivity contribution < 1.29 is 4.79 Å². The highest BCUT2D eigenvalue weighted by Crippen LogP contribution is 2.32. The highest BCUT2D eigenvalue weighted by molar-refractivity contribution is 7.14. The van der Waals surface area contributed by atoms with Crippen LogP contribution in [0.15, 0.2) is 59.7 Å². The Bertz CT molecular complexity index is 1560. The monoisotopic (exact) mass is 555 g/mol. The largest absolute Gasteiger partial charge is 0.336 e. The van der Waals surface area contributed by atoms with E-state index in [2.05, 4.69) is 47.5 Å². The Hall–Kier alpha value is -3.75. The van der Waals surface area contributed by atoms with Gasteiger partial charge in [0.1, 0.15) is 11.5 Å². The molecule has 208 valence electrons. The van der Waals surface area contributed by atoms with Crippen LogP contribution in [0.5, 0.6) is 0 Å². The molecule has 5 rings (SSSR count). The maximum Gasteiger partial charge on any atom is 0.274 e. The fraction of sp³-hybridized carbons (Fsp3) is 0.344. The first-order chi connectivity index (χ1) is 19.2. The standard InChI is InChI=1S/C32H37N5O2S/c1-20(2)36(4)18-22-13-14-30(33-17-22)34-27-15-24(19-37(5)32(27)39)25-10-8-11-26(21(25)3)35-31(38)29-16-23-9-6-7-12-28(23)40-29/h8,10-11,13-17,19-20H,6-7,9,12,18H2,1-5H3,(H,33,34)(H,35,38). The topological polar surface area (TPSA) is 79.3 Å². The van der Waals surface area contributed by atoms with Gasteiger partial charge in [0.05, 0.1) is 4.88 Å². The molecule has 8 heteroatoms. The van der Waals surface area contributed by atoms with Crippen molar-refractivity contribution in [2.24, 2.45) is 7.05 Å². The van der Waals surface area contributed by atoms with Crippen molar-refractivity contribution in [1.29, 1.82) is 0 Å². The molecule has 1 aliphatic carbocycles. The average Bonchev–Trinajstić information content (AvgIpc) is 3.38. The number of rotatable bonds is 8. The number of anilines is 3. The van der Waals surface area contributed by atoms with E-state index in [-0.39, 0.29) is 11.5 Å². The average molecular weight is 556 g/mol. The first-order valence-electron chi connectivity index (χ1n) is 13.9. The number of nitrogens with one attached hydrogen (secondary N) is 2. The minimum absolute atomic E-state index is 0.0726. The van der Waals surface area contributed by atoms with Gasteiger partial charge < -0.3 is 15.2 Å². The number of fused-ring (bicyclic) bond motifs is 1. The number of pyridine rings is 2. The Balaban J connectivity index is 1.37. The number of aromatic nitrogens is 2. The van der Waals surface area contributed by atoms with Crippen molar-refractivity contribution >= 4 is 34.4 Å². The maximum atomic E-state index is 13.1. The van der Waals surface area contributed by atoms with E-state index in [1.807, 2.05) is 55.7 Å². The Kier molecular flexibility index (Phi) is 8.19. The highest BCUT2D eigenvalue weighted by atomic mass is 32.1. The Morgan fingerprint density at radius 2 is 1.93 bits per heavy atom. The number of thiophene rings is 1. The minimum Gasteiger partial charge on any atom is -0.336 e. The quantitative estimate of drug-likeness (QED) is 0.258. The van der Waals surface area contributed by atoms with E-state index in [9.17, 15) is 9.59 Å². The summed E-state index contributed by atoms with van der Waals surface area (Å²) >= 11 is 1.61. The van der Waals surface area contributed by atoms with Gasteiger partial charge in [-0.15, -0.1) is 11.3 Å². The van der Waals surface area contributed by atoms with Crippen LogP contribution in [-0.4, -0.2) is 33.4 Å². The summed E-state index contributed by atoms with van der Waals surface area (Å²) in [6.45, 7) is 7.13. The highest BCUT2D eigenvalue weighted by Gasteiger charge is 2.19. The van der Waals surface area contributed by atoms with Gasteiger partial charge in [-0.05, 0) is 100 Å². The van der Waals surface area contributed by atoms with Crippen LogP contribution >= 0.6 is 11.3 Å². The van der Waals surface area contributed by atoms with Crippen molar-refractivity contribution in [3.63, 3.8) is 0 Å². The maximum absolute atomic E-state index is 13.1. The van der Waals surface area contributed by atoms with Crippen LogP contribution in [0.3, 0.4) is 0 Å². The lowest BCUT2D eigenvalue weighted by molar-refractivity contribution is 0.103. The van der Waals surface area contributed by atoms with Crippen LogP contribution in [0.4, 0.5) is 17.2 Å². The molecule has 1 aliphatic rings. The molecule has 0 atom stereocenters. The number of benzene rings is 1. The van der Waals surface area contributed by atoms with Crippen LogP contribution in [0, 0.1) is 6.92 Å². The lowest BCUT2D eigenvalue weighted by atomic mass is 9.99. The van der Waals surface area contributed by atoms with Crippen molar-refractivity contribution in [2.75, 3.05) is 17.7 Å². The van der Waals surface area contributed by atoms with Crippen LogP contribution in [0.25, 0.3) is 11.1 Å². The van der Waals surface area contributed by atoms with Gasteiger partial charge in [0.2, 0.25) is 0 Å². The SMILES string of the molecule is Cc1c(NC(=O)c2cc3c(s2)CCCC3)cccc1-c1cc(Nc2ccc(CN(C)C(C)C)cn2)c(=O)n(C)c1. The molecule has 1 aromatic carbocycles. The molecule has 0 aliphatic heterocycles. The van der Waals surface area contributed by atoms with Gasteiger partial charge in [0.25, 0.3) is 11.5 Å². The second-order valence-electron chi connectivity index (χ2n) is 10.9. The van der Waals surface area contributed by atoms with E-state index in [1.165, 1.54) is 23.3 Å². The first kappa shape index (κ1) is 27.8. The molecule has 0 unspecified atom stereocenters. The van der Waals surface area contributed by atoms with Gasteiger partial charge >= 0.3 is 0 Å². The number of nitrogens with zero attached hydrogens (tertiary/aromatic N) is 3. The molecule has 3 heterocycles. The number of amides is 1. The van der Waals surface area contributed by atoms with E-state index >= 15 is 0 Å².